The van der Waals surface area contributed by atoms with Gasteiger partial charge in [-0.1, -0.05) is 11.8 Å². The molecule has 7 heteroatoms. The van der Waals surface area contributed by atoms with Crippen LogP contribution in [0.4, 0.5) is 0 Å². The Bertz CT molecular complexity index is 843. The van der Waals surface area contributed by atoms with Gasteiger partial charge < -0.3 is 18.8 Å². The number of thioether (sulfide) groups is 1. The maximum absolute atomic E-state index is 12.7. The SMILES string of the molecule is Cc1nc(SCC(=O)c2ccc3c(c2)OCCO3)n(CC2CCCO2)c1C. The molecule has 4 rings (SSSR count). The van der Waals surface area contributed by atoms with E-state index >= 15 is 0 Å². The maximum atomic E-state index is 12.7. The fourth-order valence-electron chi connectivity index (χ4n) is 3.37. The quantitative estimate of drug-likeness (QED) is 0.558. The van der Waals surface area contributed by atoms with Gasteiger partial charge in [0, 0.05) is 17.9 Å². The molecule has 2 aliphatic heterocycles. The number of aryl methyl sites for hydroxylation is 1. The number of benzene rings is 1. The summed E-state index contributed by atoms with van der Waals surface area (Å²) in [5.74, 6) is 1.73. The molecule has 0 saturated carbocycles. The van der Waals surface area contributed by atoms with Gasteiger partial charge in [0.25, 0.3) is 0 Å². The highest BCUT2D eigenvalue weighted by Crippen LogP contribution is 2.31. The van der Waals surface area contributed by atoms with E-state index in [2.05, 4.69) is 16.5 Å². The second-order valence-corrected chi connectivity index (χ2v) is 7.82. The highest BCUT2D eigenvalue weighted by molar-refractivity contribution is 7.99. The fraction of sp³-hybridized carbons (Fsp3) is 0.500. The largest absolute Gasteiger partial charge is 0.486 e. The summed E-state index contributed by atoms with van der Waals surface area (Å²) < 4.78 is 19.1. The minimum absolute atomic E-state index is 0.0546. The Balaban J connectivity index is 1.45. The average Bonchev–Trinajstić information content (AvgIpc) is 3.29. The number of carbonyl (C=O) groups excluding carboxylic acids is 1. The first kappa shape index (κ1) is 18.4. The summed E-state index contributed by atoms with van der Waals surface area (Å²) in [6.45, 7) is 6.77. The van der Waals surface area contributed by atoms with Crippen LogP contribution in [0.25, 0.3) is 0 Å². The van der Waals surface area contributed by atoms with E-state index < -0.39 is 0 Å². The van der Waals surface area contributed by atoms with E-state index in [0.29, 0.717) is 36.0 Å². The number of ether oxygens (including phenoxy) is 3. The molecule has 0 N–H and O–H groups in total. The number of aromatic nitrogens is 2. The molecule has 27 heavy (non-hydrogen) atoms. The second kappa shape index (κ2) is 7.94. The third-order valence-electron chi connectivity index (χ3n) is 5.03. The molecule has 6 nitrogen and oxygen atoms in total. The van der Waals surface area contributed by atoms with Crippen LogP contribution in [0.2, 0.25) is 0 Å². The molecular formula is C20H24N2O4S. The third-order valence-corrected chi connectivity index (χ3v) is 6.01. The van der Waals surface area contributed by atoms with Crippen LogP contribution >= 0.6 is 11.8 Å². The molecule has 0 radical (unpaired) electrons. The predicted molar refractivity (Wildman–Crippen MR) is 103 cm³/mol. The second-order valence-electron chi connectivity index (χ2n) is 6.88. The Morgan fingerprint density at radius 1 is 1.22 bits per heavy atom. The van der Waals surface area contributed by atoms with E-state index in [1.165, 1.54) is 11.8 Å². The number of carbonyl (C=O) groups is 1. The van der Waals surface area contributed by atoms with Crippen molar-refractivity contribution >= 4 is 17.5 Å². The van der Waals surface area contributed by atoms with Gasteiger partial charge in [0.15, 0.2) is 22.4 Å². The van der Waals surface area contributed by atoms with Gasteiger partial charge >= 0.3 is 0 Å². The smallest absolute Gasteiger partial charge is 0.173 e. The van der Waals surface area contributed by atoms with Gasteiger partial charge in [0.1, 0.15) is 13.2 Å². The third kappa shape index (κ3) is 3.99. The molecule has 1 fully saturated rings. The van der Waals surface area contributed by atoms with Crippen molar-refractivity contribution in [2.75, 3.05) is 25.6 Å². The van der Waals surface area contributed by atoms with Crippen LogP contribution in [0.3, 0.4) is 0 Å². The van der Waals surface area contributed by atoms with Crippen molar-refractivity contribution in [1.82, 2.24) is 9.55 Å². The van der Waals surface area contributed by atoms with E-state index in [-0.39, 0.29) is 11.9 Å². The van der Waals surface area contributed by atoms with Crippen LogP contribution in [0.1, 0.15) is 34.6 Å². The summed E-state index contributed by atoms with van der Waals surface area (Å²) in [6, 6.07) is 5.37. The number of imidazole rings is 1. The predicted octanol–water partition coefficient (Wildman–Crippen LogP) is 3.43. The highest BCUT2D eigenvalue weighted by atomic mass is 32.2. The number of ketones is 1. The number of hydrogen-bond donors (Lipinski definition) is 0. The summed E-state index contributed by atoms with van der Waals surface area (Å²) in [4.78, 5) is 17.3. The van der Waals surface area contributed by atoms with Gasteiger partial charge in [0.2, 0.25) is 0 Å². The molecule has 3 heterocycles. The Morgan fingerprint density at radius 3 is 2.81 bits per heavy atom. The standard InChI is InChI=1S/C20H24N2O4S/c1-13-14(2)22(11-16-4-3-7-24-16)20(21-13)27-12-17(23)15-5-6-18-19(10-15)26-9-8-25-18/h5-6,10,16H,3-4,7-9,11-12H2,1-2H3. The lowest BCUT2D eigenvalue weighted by atomic mass is 10.1. The molecule has 0 amide bonds. The van der Waals surface area contributed by atoms with E-state index in [0.717, 1.165) is 42.5 Å². The molecule has 0 bridgehead atoms. The minimum Gasteiger partial charge on any atom is -0.486 e. The van der Waals surface area contributed by atoms with Crippen molar-refractivity contribution in [3.63, 3.8) is 0 Å². The van der Waals surface area contributed by atoms with Crippen molar-refractivity contribution in [2.45, 2.75) is 44.5 Å². The maximum Gasteiger partial charge on any atom is 0.173 e. The molecule has 144 valence electrons. The lowest BCUT2D eigenvalue weighted by Crippen LogP contribution is -2.17. The van der Waals surface area contributed by atoms with Gasteiger partial charge in [-0.25, -0.2) is 4.98 Å². The highest BCUT2D eigenvalue weighted by Gasteiger charge is 2.21. The van der Waals surface area contributed by atoms with E-state index in [1.54, 1.807) is 18.2 Å². The molecule has 1 unspecified atom stereocenters. The molecule has 1 aromatic heterocycles. The first-order valence-electron chi connectivity index (χ1n) is 9.33. The van der Waals surface area contributed by atoms with Crippen molar-refractivity contribution in [3.8, 4) is 11.5 Å². The first-order valence-corrected chi connectivity index (χ1v) is 10.3. The molecule has 1 saturated heterocycles. The normalized spacial score (nSPS) is 18.7. The number of hydrogen-bond acceptors (Lipinski definition) is 6. The summed E-state index contributed by atoms with van der Waals surface area (Å²) >= 11 is 1.48. The Labute approximate surface area is 163 Å². The van der Waals surface area contributed by atoms with Crippen molar-refractivity contribution in [1.29, 1.82) is 0 Å². The molecule has 2 aromatic rings. The van der Waals surface area contributed by atoms with Crippen molar-refractivity contribution in [2.24, 2.45) is 0 Å². The van der Waals surface area contributed by atoms with Crippen molar-refractivity contribution < 1.29 is 19.0 Å². The van der Waals surface area contributed by atoms with Crippen LogP contribution in [-0.4, -0.2) is 47.0 Å². The topological polar surface area (TPSA) is 62.6 Å². The number of nitrogens with zero attached hydrogens (tertiary/aromatic N) is 2. The van der Waals surface area contributed by atoms with Crippen LogP contribution in [-0.2, 0) is 11.3 Å². The Morgan fingerprint density at radius 2 is 2.04 bits per heavy atom. The van der Waals surface area contributed by atoms with E-state index in [9.17, 15) is 4.79 Å². The molecule has 2 aliphatic rings. The average molecular weight is 388 g/mol. The van der Waals surface area contributed by atoms with Gasteiger partial charge in [0.05, 0.1) is 24.1 Å². The van der Waals surface area contributed by atoms with E-state index in [1.807, 2.05) is 6.92 Å². The monoisotopic (exact) mass is 388 g/mol. The van der Waals surface area contributed by atoms with Gasteiger partial charge in [-0.3, -0.25) is 4.79 Å². The van der Waals surface area contributed by atoms with Crippen LogP contribution in [0.5, 0.6) is 11.5 Å². The van der Waals surface area contributed by atoms with Crippen LogP contribution in [0.15, 0.2) is 23.4 Å². The lowest BCUT2D eigenvalue weighted by Gasteiger charge is -2.18. The minimum atomic E-state index is 0.0546. The molecule has 1 atom stereocenters. The molecule has 1 aromatic carbocycles. The van der Waals surface area contributed by atoms with Gasteiger partial charge in [-0.15, -0.1) is 0 Å². The number of Topliss-reactive ketones (excluding diaryl/α,β-unsaturated/α-hetero) is 1. The Kier molecular flexibility index (Phi) is 5.41. The number of rotatable bonds is 6. The summed E-state index contributed by atoms with van der Waals surface area (Å²) in [5, 5.41) is 0.881. The van der Waals surface area contributed by atoms with E-state index in [4.69, 9.17) is 14.2 Å². The summed E-state index contributed by atoms with van der Waals surface area (Å²) in [7, 11) is 0. The van der Waals surface area contributed by atoms with Gasteiger partial charge in [-0.2, -0.15) is 0 Å². The zero-order valence-corrected chi connectivity index (χ0v) is 16.5. The van der Waals surface area contributed by atoms with Crippen LogP contribution < -0.4 is 9.47 Å². The fourth-order valence-corrected chi connectivity index (χ4v) is 4.37. The molecule has 0 spiro atoms. The lowest BCUT2D eigenvalue weighted by molar-refractivity contribution is 0.0945. The summed E-state index contributed by atoms with van der Waals surface area (Å²) in [6.07, 6.45) is 2.43. The molecular weight excluding hydrogens is 364 g/mol. The first-order chi connectivity index (χ1) is 13.1. The summed E-state index contributed by atoms with van der Waals surface area (Å²) in [5.41, 5.74) is 2.78. The van der Waals surface area contributed by atoms with Gasteiger partial charge in [-0.05, 0) is 44.9 Å². The zero-order valence-electron chi connectivity index (χ0n) is 15.7. The number of fused-ring (bicyclic) bond motifs is 1. The van der Waals surface area contributed by atoms with Crippen molar-refractivity contribution in [3.05, 3.63) is 35.2 Å². The zero-order chi connectivity index (χ0) is 18.8. The Hall–Kier alpha value is -1.99. The molecule has 0 aliphatic carbocycles. The van der Waals surface area contributed by atoms with Crippen LogP contribution in [0, 0.1) is 13.8 Å².